The predicted molar refractivity (Wildman–Crippen MR) is 69.9 cm³/mol. The van der Waals surface area contributed by atoms with E-state index in [1.165, 1.54) is 0 Å². The number of aromatic nitrogens is 1. The summed E-state index contributed by atoms with van der Waals surface area (Å²) in [6, 6.07) is 3.75. The molecule has 0 aromatic carbocycles. The lowest BCUT2D eigenvalue weighted by Crippen LogP contribution is -2.44. The Labute approximate surface area is 107 Å². The van der Waals surface area contributed by atoms with Gasteiger partial charge in [0.05, 0.1) is 6.61 Å². The van der Waals surface area contributed by atoms with Crippen molar-refractivity contribution >= 4 is 11.7 Å². The zero-order valence-electron chi connectivity index (χ0n) is 10.9. The number of esters is 1. The molecule has 0 N–H and O–H groups in total. The summed E-state index contributed by atoms with van der Waals surface area (Å²) in [6.45, 7) is 6.20. The van der Waals surface area contributed by atoms with Gasteiger partial charge in [0.25, 0.3) is 0 Å². The van der Waals surface area contributed by atoms with Gasteiger partial charge in [-0.25, -0.2) is 9.78 Å². The maximum absolute atomic E-state index is 11.6. The number of ether oxygens (including phenoxy) is 1. The molecule has 1 aliphatic rings. The van der Waals surface area contributed by atoms with Crippen molar-refractivity contribution < 1.29 is 9.53 Å². The Morgan fingerprint density at radius 1 is 1.39 bits per heavy atom. The third kappa shape index (κ3) is 2.98. The van der Waals surface area contributed by atoms with Gasteiger partial charge in [0.1, 0.15) is 5.69 Å². The molecule has 98 valence electrons. The minimum Gasteiger partial charge on any atom is -0.461 e. The van der Waals surface area contributed by atoms with Gasteiger partial charge in [-0.1, -0.05) is 0 Å². The third-order valence-electron chi connectivity index (χ3n) is 3.10. The molecular formula is C13H19N3O2. The molecule has 1 aromatic rings. The average molecular weight is 249 g/mol. The molecule has 0 amide bonds. The summed E-state index contributed by atoms with van der Waals surface area (Å²) >= 11 is 0. The van der Waals surface area contributed by atoms with Crippen LogP contribution in [-0.2, 0) is 4.74 Å². The Morgan fingerprint density at radius 3 is 2.78 bits per heavy atom. The Hall–Kier alpha value is -1.62. The van der Waals surface area contributed by atoms with E-state index in [0.29, 0.717) is 12.3 Å². The fourth-order valence-electron chi connectivity index (χ4n) is 2.00. The van der Waals surface area contributed by atoms with E-state index in [2.05, 4.69) is 21.8 Å². The van der Waals surface area contributed by atoms with Gasteiger partial charge in [-0.2, -0.15) is 0 Å². The van der Waals surface area contributed by atoms with Crippen LogP contribution < -0.4 is 4.90 Å². The van der Waals surface area contributed by atoms with Crippen LogP contribution in [-0.4, -0.2) is 55.7 Å². The number of carbonyl (C=O) groups is 1. The third-order valence-corrected chi connectivity index (χ3v) is 3.10. The second kappa shape index (κ2) is 5.82. The van der Waals surface area contributed by atoms with Gasteiger partial charge < -0.3 is 14.5 Å². The first-order chi connectivity index (χ1) is 8.70. The molecule has 0 aliphatic carbocycles. The molecule has 2 heterocycles. The van der Waals surface area contributed by atoms with Crippen molar-refractivity contribution in [3.05, 3.63) is 24.0 Å². The normalized spacial score (nSPS) is 16.7. The quantitative estimate of drug-likeness (QED) is 0.748. The van der Waals surface area contributed by atoms with Crippen molar-refractivity contribution in [3.8, 4) is 0 Å². The minimum atomic E-state index is -0.353. The highest BCUT2D eigenvalue weighted by Crippen LogP contribution is 2.16. The van der Waals surface area contributed by atoms with E-state index in [1.54, 1.807) is 13.1 Å². The highest BCUT2D eigenvalue weighted by atomic mass is 16.5. The zero-order valence-corrected chi connectivity index (χ0v) is 10.9. The topological polar surface area (TPSA) is 45.7 Å². The number of likely N-dealkylation sites (N-methyl/N-ethyl adjacent to an activating group) is 1. The summed E-state index contributed by atoms with van der Waals surface area (Å²) < 4.78 is 4.96. The van der Waals surface area contributed by atoms with Crippen molar-refractivity contribution in [2.75, 3.05) is 44.7 Å². The predicted octanol–water partition coefficient (Wildman–Crippen LogP) is 1.01. The number of hydrogen-bond donors (Lipinski definition) is 0. The van der Waals surface area contributed by atoms with Gasteiger partial charge in [0, 0.05) is 38.1 Å². The van der Waals surface area contributed by atoms with Crippen molar-refractivity contribution in [2.24, 2.45) is 0 Å². The standard InChI is InChI=1S/C13H19N3O2/c1-3-18-13(17)12-10-11(4-5-14-12)16-8-6-15(2)7-9-16/h4-5,10H,3,6-9H2,1-2H3. The molecule has 0 unspecified atom stereocenters. The van der Waals surface area contributed by atoms with Crippen LogP contribution in [0.2, 0.25) is 0 Å². The van der Waals surface area contributed by atoms with Crippen molar-refractivity contribution in [3.63, 3.8) is 0 Å². The SMILES string of the molecule is CCOC(=O)c1cc(N2CCN(C)CC2)ccn1. The van der Waals surface area contributed by atoms with E-state index in [0.717, 1.165) is 31.9 Å². The van der Waals surface area contributed by atoms with Gasteiger partial charge in [-0.15, -0.1) is 0 Å². The van der Waals surface area contributed by atoms with Gasteiger partial charge in [0.2, 0.25) is 0 Å². The lowest BCUT2D eigenvalue weighted by Gasteiger charge is -2.34. The molecule has 18 heavy (non-hydrogen) atoms. The molecule has 1 fully saturated rings. The summed E-state index contributed by atoms with van der Waals surface area (Å²) in [7, 11) is 2.12. The van der Waals surface area contributed by atoms with Crippen LogP contribution >= 0.6 is 0 Å². The minimum absolute atomic E-state index is 0.353. The van der Waals surface area contributed by atoms with Gasteiger partial charge in [0.15, 0.2) is 0 Å². The Kier molecular flexibility index (Phi) is 4.15. The number of rotatable bonds is 3. The van der Waals surface area contributed by atoms with Crippen LogP contribution in [0.1, 0.15) is 17.4 Å². The molecular weight excluding hydrogens is 230 g/mol. The van der Waals surface area contributed by atoms with Crippen LogP contribution in [0.15, 0.2) is 18.3 Å². The molecule has 0 spiro atoms. The molecule has 1 aromatic heterocycles. The molecule has 0 radical (unpaired) electrons. The summed E-state index contributed by atoms with van der Waals surface area (Å²) in [5, 5.41) is 0. The molecule has 0 bridgehead atoms. The Balaban J connectivity index is 2.09. The van der Waals surface area contributed by atoms with Gasteiger partial charge in [-0.3, -0.25) is 0 Å². The van der Waals surface area contributed by atoms with Crippen LogP contribution in [0.3, 0.4) is 0 Å². The molecule has 1 aliphatic heterocycles. The van der Waals surface area contributed by atoms with Gasteiger partial charge >= 0.3 is 5.97 Å². The van der Waals surface area contributed by atoms with Crippen molar-refractivity contribution in [2.45, 2.75) is 6.92 Å². The first-order valence-electron chi connectivity index (χ1n) is 6.27. The van der Waals surface area contributed by atoms with Crippen LogP contribution in [0.5, 0.6) is 0 Å². The average Bonchev–Trinajstić information content (AvgIpc) is 2.40. The van der Waals surface area contributed by atoms with E-state index >= 15 is 0 Å². The number of anilines is 1. The van der Waals surface area contributed by atoms with E-state index in [-0.39, 0.29) is 5.97 Å². The molecule has 2 rings (SSSR count). The number of piperazine rings is 1. The largest absolute Gasteiger partial charge is 0.461 e. The fraction of sp³-hybridized carbons (Fsp3) is 0.538. The molecule has 1 saturated heterocycles. The molecule has 5 heteroatoms. The lowest BCUT2D eigenvalue weighted by atomic mass is 10.2. The first-order valence-corrected chi connectivity index (χ1v) is 6.27. The monoisotopic (exact) mass is 249 g/mol. The Morgan fingerprint density at radius 2 is 2.11 bits per heavy atom. The summed E-state index contributed by atoms with van der Waals surface area (Å²) in [5.74, 6) is -0.353. The smallest absolute Gasteiger partial charge is 0.356 e. The number of nitrogens with zero attached hydrogens (tertiary/aromatic N) is 3. The highest BCUT2D eigenvalue weighted by Gasteiger charge is 2.16. The van der Waals surface area contributed by atoms with Crippen molar-refractivity contribution in [1.29, 1.82) is 0 Å². The molecule has 5 nitrogen and oxygen atoms in total. The summed E-state index contributed by atoms with van der Waals surface area (Å²) in [4.78, 5) is 20.2. The van der Waals surface area contributed by atoms with E-state index in [9.17, 15) is 4.79 Å². The number of pyridine rings is 1. The van der Waals surface area contributed by atoms with Crippen LogP contribution in [0, 0.1) is 0 Å². The maximum atomic E-state index is 11.6. The number of carbonyl (C=O) groups excluding carboxylic acids is 1. The molecule has 0 saturated carbocycles. The molecule has 0 atom stereocenters. The summed E-state index contributed by atoms with van der Waals surface area (Å²) in [5.41, 5.74) is 1.43. The van der Waals surface area contributed by atoms with Crippen LogP contribution in [0.4, 0.5) is 5.69 Å². The maximum Gasteiger partial charge on any atom is 0.356 e. The van der Waals surface area contributed by atoms with E-state index in [1.807, 2.05) is 12.1 Å². The highest BCUT2D eigenvalue weighted by molar-refractivity contribution is 5.88. The number of hydrogen-bond acceptors (Lipinski definition) is 5. The fourth-order valence-corrected chi connectivity index (χ4v) is 2.00. The second-order valence-electron chi connectivity index (χ2n) is 4.41. The van der Waals surface area contributed by atoms with Crippen LogP contribution in [0.25, 0.3) is 0 Å². The van der Waals surface area contributed by atoms with Crippen molar-refractivity contribution in [1.82, 2.24) is 9.88 Å². The zero-order chi connectivity index (χ0) is 13.0. The first kappa shape index (κ1) is 12.8. The van der Waals surface area contributed by atoms with E-state index < -0.39 is 0 Å². The second-order valence-corrected chi connectivity index (χ2v) is 4.41. The Bertz CT molecular complexity index is 414. The lowest BCUT2D eigenvalue weighted by molar-refractivity contribution is 0.0519. The van der Waals surface area contributed by atoms with Gasteiger partial charge in [-0.05, 0) is 26.1 Å². The summed E-state index contributed by atoms with van der Waals surface area (Å²) in [6.07, 6.45) is 1.67. The van der Waals surface area contributed by atoms with E-state index in [4.69, 9.17) is 4.74 Å².